The van der Waals surface area contributed by atoms with Gasteiger partial charge in [0, 0.05) is 19.2 Å². The Hall–Kier alpha value is -3.44. The minimum absolute atomic E-state index is 0.0670. The van der Waals surface area contributed by atoms with E-state index >= 15 is 0 Å². The summed E-state index contributed by atoms with van der Waals surface area (Å²) in [5.74, 6) is 0.722. The summed E-state index contributed by atoms with van der Waals surface area (Å²) in [4.78, 5) is 16.9. The van der Waals surface area contributed by atoms with E-state index in [0.717, 1.165) is 0 Å². The zero-order chi connectivity index (χ0) is 24.9. The summed E-state index contributed by atoms with van der Waals surface area (Å²) in [6.45, 7) is 5.56. The molecule has 0 saturated heterocycles. The highest BCUT2D eigenvalue weighted by molar-refractivity contribution is 7.89. The molecule has 182 valence electrons. The molecule has 1 aromatic heterocycles. The van der Waals surface area contributed by atoms with Gasteiger partial charge in [-0.1, -0.05) is 25.1 Å². The second kappa shape index (κ2) is 10.7. The molecule has 0 saturated carbocycles. The minimum Gasteiger partial charge on any atom is -0.497 e. The quantitative estimate of drug-likeness (QED) is 0.394. The van der Waals surface area contributed by atoms with Crippen LogP contribution in [0.4, 0.5) is 0 Å². The molecule has 0 radical (unpaired) electrons. The first-order chi connectivity index (χ1) is 16.2. The van der Waals surface area contributed by atoms with Gasteiger partial charge in [-0.25, -0.2) is 13.2 Å². The van der Waals surface area contributed by atoms with Crippen molar-refractivity contribution in [2.75, 3.05) is 27.3 Å². The number of carbonyl (C=O) groups is 1. The van der Waals surface area contributed by atoms with Crippen molar-refractivity contribution >= 4 is 16.0 Å². The fourth-order valence-electron chi connectivity index (χ4n) is 3.32. The van der Waals surface area contributed by atoms with Gasteiger partial charge in [0.1, 0.15) is 11.5 Å². The molecule has 34 heavy (non-hydrogen) atoms. The summed E-state index contributed by atoms with van der Waals surface area (Å²) in [6.07, 6.45) is 0. The van der Waals surface area contributed by atoms with Crippen LogP contribution in [0.3, 0.4) is 0 Å². The number of hydrogen-bond acceptors (Lipinski definition) is 9. The number of esters is 1. The molecule has 0 aliphatic rings. The van der Waals surface area contributed by atoms with Crippen LogP contribution in [0, 0.1) is 6.92 Å². The van der Waals surface area contributed by atoms with Crippen LogP contribution in [-0.2, 0) is 21.4 Å². The van der Waals surface area contributed by atoms with Gasteiger partial charge < -0.3 is 18.7 Å². The average Bonchev–Trinajstić information content (AvgIpc) is 3.31. The molecule has 0 atom stereocenters. The van der Waals surface area contributed by atoms with Crippen LogP contribution in [0.1, 0.15) is 35.7 Å². The number of methoxy groups -OCH3 is 2. The Balaban J connectivity index is 1.76. The molecule has 0 amide bonds. The van der Waals surface area contributed by atoms with Crippen molar-refractivity contribution in [3.05, 3.63) is 53.4 Å². The second-order valence-electron chi connectivity index (χ2n) is 7.22. The van der Waals surface area contributed by atoms with Gasteiger partial charge in [0.25, 0.3) is 5.89 Å². The number of benzene rings is 2. The third-order valence-corrected chi connectivity index (χ3v) is 7.38. The summed E-state index contributed by atoms with van der Waals surface area (Å²) in [7, 11) is -0.672. The maximum atomic E-state index is 12.9. The molecule has 0 aliphatic heterocycles. The SMILES string of the molecule is CCN(CC)S(=O)(=O)c1cc(C(=O)OCc2nc(-c3ccc(OC)cc3OC)no2)ccc1C. The van der Waals surface area contributed by atoms with Crippen LogP contribution < -0.4 is 9.47 Å². The van der Waals surface area contributed by atoms with E-state index in [4.69, 9.17) is 18.7 Å². The number of hydrogen-bond donors (Lipinski definition) is 0. The Bertz CT molecular complexity index is 1270. The predicted octanol–water partition coefficient (Wildman–Crippen LogP) is 3.45. The molecule has 0 spiro atoms. The van der Waals surface area contributed by atoms with E-state index in [1.165, 1.54) is 23.5 Å². The number of nitrogens with zero attached hydrogens (tertiary/aromatic N) is 3. The van der Waals surface area contributed by atoms with E-state index < -0.39 is 16.0 Å². The Morgan fingerprint density at radius 2 is 1.79 bits per heavy atom. The highest BCUT2D eigenvalue weighted by atomic mass is 32.2. The van der Waals surface area contributed by atoms with E-state index in [1.54, 1.807) is 52.1 Å². The van der Waals surface area contributed by atoms with Crippen LogP contribution in [0.15, 0.2) is 45.8 Å². The first-order valence-corrected chi connectivity index (χ1v) is 12.0. The van der Waals surface area contributed by atoms with Crippen molar-refractivity contribution in [3.8, 4) is 22.9 Å². The molecule has 10 nitrogen and oxygen atoms in total. The van der Waals surface area contributed by atoms with Gasteiger partial charge in [-0.05, 0) is 36.8 Å². The summed E-state index contributed by atoms with van der Waals surface area (Å²) in [5.41, 5.74) is 1.22. The number of ether oxygens (including phenoxy) is 3. The molecule has 11 heteroatoms. The molecule has 1 heterocycles. The lowest BCUT2D eigenvalue weighted by molar-refractivity contribution is 0.0429. The second-order valence-corrected chi connectivity index (χ2v) is 9.13. The molecule has 0 bridgehead atoms. The molecule has 0 fully saturated rings. The van der Waals surface area contributed by atoms with E-state index in [1.807, 2.05) is 0 Å². The van der Waals surface area contributed by atoms with Crippen LogP contribution in [0.2, 0.25) is 0 Å². The normalized spacial score (nSPS) is 11.5. The average molecular weight is 490 g/mol. The molecule has 0 unspecified atom stereocenters. The van der Waals surface area contributed by atoms with E-state index in [-0.39, 0.29) is 28.8 Å². The van der Waals surface area contributed by atoms with Crippen molar-refractivity contribution in [1.29, 1.82) is 0 Å². The van der Waals surface area contributed by atoms with Crippen LogP contribution in [-0.4, -0.2) is 56.1 Å². The van der Waals surface area contributed by atoms with Crippen molar-refractivity contribution < 1.29 is 31.9 Å². The third kappa shape index (κ3) is 5.20. The zero-order valence-corrected chi connectivity index (χ0v) is 20.5. The van der Waals surface area contributed by atoms with E-state index in [9.17, 15) is 13.2 Å². The number of sulfonamides is 1. The van der Waals surface area contributed by atoms with Gasteiger partial charge in [0.15, 0.2) is 6.61 Å². The third-order valence-electron chi connectivity index (χ3n) is 5.19. The largest absolute Gasteiger partial charge is 0.497 e. The summed E-state index contributed by atoms with van der Waals surface area (Å²) >= 11 is 0. The molecule has 0 N–H and O–H groups in total. The Morgan fingerprint density at radius 1 is 1.06 bits per heavy atom. The highest BCUT2D eigenvalue weighted by Crippen LogP contribution is 2.31. The van der Waals surface area contributed by atoms with Crippen molar-refractivity contribution in [1.82, 2.24) is 14.4 Å². The molecule has 3 aromatic rings. The number of carbonyl (C=O) groups excluding carboxylic acids is 1. The summed E-state index contributed by atoms with van der Waals surface area (Å²) in [5, 5.41) is 3.91. The van der Waals surface area contributed by atoms with Crippen molar-refractivity contribution in [3.63, 3.8) is 0 Å². The smallest absolute Gasteiger partial charge is 0.338 e. The minimum atomic E-state index is -3.73. The van der Waals surface area contributed by atoms with Crippen molar-refractivity contribution in [2.24, 2.45) is 0 Å². The van der Waals surface area contributed by atoms with Gasteiger partial charge in [-0.3, -0.25) is 0 Å². The van der Waals surface area contributed by atoms with Crippen molar-refractivity contribution in [2.45, 2.75) is 32.3 Å². The Morgan fingerprint density at radius 3 is 2.44 bits per heavy atom. The number of aryl methyl sites for hydroxylation is 1. The number of rotatable bonds is 10. The topological polar surface area (TPSA) is 121 Å². The predicted molar refractivity (Wildman–Crippen MR) is 123 cm³/mol. The first-order valence-electron chi connectivity index (χ1n) is 10.6. The van der Waals surface area contributed by atoms with Gasteiger partial charge in [0.05, 0.1) is 30.2 Å². The Labute approximate surface area is 198 Å². The maximum absolute atomic E-state index is 12.9. The lowest BCUT2D eigenvalue weighted by atomic mass is 10.1. The molecular formula is C23H27N3O7S. The maximum Gasteiger partial charge on any atom is 0.338 e. The summed E-state index contributed by atoms with van der Waals surface area (Å²) < 4.78 is 48.2. The van der Waals surface area contributed by atoms with E-state index in [0.29, 0.717) is 35.7 Å². The highest BCUT2D eigenvalue weighted by Gasteiger charge is 2.25. The fraction of sp³-hybridized carbons (Fsp3) is 0.348. The molecular weight excluding hydrogens is 462 g/mol. The fourth-order valence-corrected chi connectivity index (χ4v) is 5.03. The molecule has 0 aliphatic carbocycles. The molecule has 3 rings (SSSR count). The standard InChI is InChI=1S/C23H27N3O7S/c1-6-26(7-2)34(28,29)20-12-16(9-8-15(20)3)23(27)32-14-21-24-22(25-33-21)18-11-10-17(30-4)13-19(18)31-5/h8-13H,6-7,14H2,1-5H3. The monoisotopic (exact) mass is 489 g/mol. The van der Waals surface area contributed by atoms with E-state index in [2.05, 4.69) is 10.1 Å². The van der Waals surface area contributed by atoms with Gasteiger partial charge in [-0.2, -0.15) is 9.29 Å². The van der Waals surface area contributed by atoms with Crippen LogP contribution in [0.25, 0.3) is 11.4 Å². The van der Waals surface area contributed by atoms with Gasteiger partial charge in [0.2, 0.25) is 15.8 Å². The van der Waals surface area contributed by atoms with Gasteiger partial charge >= 0.3 is 5.97 Å². The Kier molecular flexibility index (Phi) is 7.90. The van der Waals surface area contributed by atoms with Crippen LogP contribution >= 0.6 is 0 Å². The summed E-state index contributed by atoms with van der Waals surface area (Å²) in [6, 6.07) is 9.56. The van der Waals surface area contributed by atoms with Gasteiger partial charge in [-0.15, -0.1) is 0 Å². The lowest BCUT2D eigenvalue weighted by Crippen LogP contribution is -2.31. The molecule has 2 aromatic carbocycles. The number of aromatic nitrogens is 2. The van der Waals surface area contributed by atoms with Crippen LogP contribution in [0.5, 0.6) is 11.5 Å². The lowest BCUT2D eigenvalue weighted by Gasteiger charge is -2.20. The zero-order valence-electron chi connectivity index (χ0n) is 19.7. The first kappa shape index (κ1) is 25.2.